The molecule has 0 fully saturated rings. The van der Waals surface area contributed by atoms with E-state index in [0.29, 0.717) is 34.0 Å². The van der Waals surface area contributed by atoms with Gasteiger partial charge in [0.05, 0.1) is 18.4 Å². The van der Waals surface area contributed by atoms with E-state index in [4.69, 9.17) is 14.8 Å². The van der Waals surface area contributed by atoms with E-state index in [-0.39, 0.29) is 5.91 Å². The van der Waals surface area contributed by atoms with Gasteiger partial charge in [0.1, 0.15) is 11.8 Å². The van der Waals surface area contributed by atoms with Gasteiger partial charge in [-0.25, -0.2) is 4.68 Å². The van der Waals surface area contributed by atoms with Gasteiger partial charge in [-0.2, -0.15) is 4.98 Å². The van der Waals surface area contributed by atoms with E-state index in [1.165, 1.54) is 11.1 Å². The number of carbonyl (C=O) groups is 1. The predicted octanol–water partition coefficient (Wildman–Crippen LogP) is 6.63. The average molecular weight is 526 g/mol. The molecule has 8 heteroatoms. The maximum absolute atomic E-state index is 13.8. The van der Waals surface area contributed by atoms with Crippen molar-refractivity contribution in [2.75, 3.05) is 17.7 Å². The molecule has 1 unspecified atom stereocenters. The van der Waals surface area contributed by atoms with E-state index < -0.39 is 6.04 Å². The summed E-state index contributed by atoms with van der Waals surface area (Å²) in [6.45, 7) is 6.24. The molecule has 0 bridgehead atoms. The Labute approximate surface area is 227 Å². The summed E-state index contributed by atoms with van der Waals surface area (Å²) in [6, 6.07) is 25.6. The highest BCUT2D eigenvalue weighted by Gasteiger charge is 2.34. The number of nitrogens with one attached hydrogen (secondary N) is 2. The zero-order valence-corrected chi connectivity index (χ0v) is 22.8. The van der Waals surface area contributed by atoms with Crippen LogP contribution < -0.4 is 15.4 Å². The van der Waals surface area contributed by atoms with E-state index in [1.807, 2.05) is 54.1 Å². The molecule has 0 saturated carbocycles. The normalized spacial score (nSPS) is 14.7. The van der Waals surface area contributed by atoms with Crippen molar-refractivity contribution >= 4 is 29.3 Å². The van der Waals surface area contributed by atoms with E-state index in [0.717, 1.165) is 17.0 Å². The molecule has 0 aliphatic carbocycles. The Kier molecular flexibility index (Phi) is 7.51. The minimum Gasteiger partial charge on any atom is -0.495 e. The van der Waals surface area contributed by atoms with Crippen LogP contribution in [0.3, 0.4) is 0 Å². The minimum absolute atomic E-state index is 0.225. The SMILES string of the molecule is COc1ccccc1NC(=O)C1=C(C)Nc2nc(SCc3ccccc3)nn2C1c1ccc(C(C)C)cc1. The topological polar surface area (TPSA) is 81.1 Å². The maximum atomic E-state index is 13.8. The molecule has 0 radical (unpaired) electrons. The molecule has 1 aromatic heterocycles. The van der Waals surface area contributed by atoms with Crippen molar-refractivity contribution in [3.63, 3.8) is 0 Å². The number of benzene rings is 3. The number of para-hydroxylation sites is 2. The van der Waals surface area contributed by atoms with Crippen molar-refractivity contribution in [2.45, 2.75) is 43.6 Å². The number of hydrogen-bond donors (Lipinski definition) is 2. The zero-order chi connectivity index (χ0) is 26.6. The molecular weight excluding hydrogens is 494 g/mol. The summed E-state index contributed by atoms with van der Waals surface area (Å²) in [4.78, 5) is 18.6. The van der Waals surface area contributed by atoms with E-state index in [2.05, 4.69) is 60.9 Å². The van der Waals surface area contributed by atoms with Crippen LogP contribution >= 0.6 is 11.8 Å². The lowest BCUT2D eigenvalue weighted by atomic mass is 9.92. The molecular formula is C30H31N5O2S. The number of aromatic nitrogens is 3. The van der Waals surface area contributed by atoms with Crippen LogP contribution in [-0.4, -0.2) is 27.8 Å². The Balaban J connectivity index is 1.51. The number of fused-ring (bicyclic) bond motifs is 1. The van der Waals surface area contributed by atoms with Gasteiger partial charge in [0.2, 0.25) is 11.1 Å². The fourth-order valence-electron chi connectivity index (χ4n) is 4.52. The molecule has 7 nitrogen and oxygen atoms in total. The number of methoxy groups -OCH3 is 1. The summed E-state index contributed by atoms with van der Waals surface area (Å²) in [5.74, 6) is 2.15. The summed E-state index contributed by atoms with van der Waals surface area (Å²) >= 11 is 1.57. The third-order valence-corrected chi connectivity index (χ3v) is 7.47. The van der Waals surface area contributed by atoms with Crippen LogP contribution in [-0.2, 0) is 10.5 Å². The molecule has 1 aliphatic rings. The van der Waals surface area contributed by atoms with Crippen LogP contribution in [0.2, 0.25) is 0 Å². The van der Waals surface area contributed by atoms with Gasteiger partial charge >= 0.3 is 0 Å². The van der Waals surface area contributed by atoms with Gasteiger partial charge in [-0.3, -0.25) is 4.79 Å². The Hall–Kier alpha value is -4.04. The standard InChI is InChI=1S/C30H31N5O2S/c1-19(2)22-14-16-23(17-15-22)27-26(28(36)32-24-12-8-9-13-25(24)37-4)20(3)31-29-33-30(34-35(27)29)38-18-21-10-6-5-7-11-21/h5-17,19,27H,18H2,1-4H3,(H,32,36)(H,31,33,34). The first kappa shape index (κ1) is 25.6. The van der Waals surface area contributed by atoms with Crippen molar-refractivity contribution in [3.8, 4) is 5.75 Å². The highest BCUT2D eigenvalue weighted by molar-refractivity contribution is 7.98. The van der Waals surface area contributed by atoms with Gasteiger partial charge < -0.3 is 15.4 Å². The maximum Gasteiger partial charge on any atom is 0.255 e. The van der Waals surface area contributed by atoms with Crippen molar-refractivity contribution < 1.29 is 9.53 Å². The second-order valence-electron chi connectivity index (χ2n) is 9.48. The van der Waals surface area contributed by atoms with Crippen molar-refractivity contribution in [1.29, 1.82) is 0 Å². The molecule has 1 atom stereocenters. The second-order valence-corrected chi connectivity index (χ2v) is 10.4. The Bertz CT molecular complexity index is 1460. The van der Waals surface area contributed by atoms with Gasteiger partial charge in [0.15, 0.2) is 0 Å². The van der Waals surface area contributed by atoms with Crippen LogP contribution in [0.5, 0.6) is 5.75 Å². The quantitative estimate of drug-likeness (QED) is 0.251. The molecule has 3 aromatic carbocycles. The number of amides is 1. The number of thioether (sulfide) groups is 1. The summed E-state index contributed by atoms with van der Waals surface area (Å²) in [7, 11) is 1.59. The first-order valence-electron chi connectivity index (χ1n) is 12.6. The Morgan fingerprint density at radius 2 is 1.76 bits per heavy atom. The molecule has 1 amide bonds. The van der Waals surface area contributed by atoms with Crippen LogP contribution in [0.1, 0.15) is 49.4 Å². The van der Waals surface area contributed by atoms with Crippen molar-refractivity contribution in [2.24, 2.45) is 0 Å². The molecule has 1 aliphatic heterocycles. The largest absolute Gasteiger partial charge is 0.495 e. The molecule has 2 heterocycles. The number of ether oxygens (including phenoxy) is 1. The first-order valence-corrected chi connectivity index (χ1v) is 13.6. The third-order valence-electron chi connectivity index (χ3n) is 6.56. The van der Waals surface area contributed by atoms with Gasteiger partial charge in [0.25, 0.3) is 5.91 Å². The van der Waals surface area contributed by atoms with Crippen molar-refractivity contribution in [1.82, 2.24) is 14.8 Å². The lowest BCUT2D eigenvalue weighted by Gasteiger charge is -2.29. The number of hydrogen-bond acceptors (Lipinski definition) is 6. The number of rotatable bonds is 8. The monoisotopic (exact) mass is 525 g/mol. The highest BCUT2D eigenvalue weighted by Crippen LogP contribution is 2.38. The zero-order valence-electron chi connectivity index (χ0n) is 21.9. The van der Waals surface area contributed by atoms with Gasteiger partial charge in [-0.15, -0.1) is 5.10 Å². The lowest BCUT2D eigenvalue weighted by molar-refractivity contribution is -0.113. The number of carbonyl (C=O) groups excluding carboxylic acids is 1. The van der Waals surface area contributed by atoms with Crippen molar-refractivity contribution in [3.05, 3.63) is 107 Å². The van der Waals surface area contributed by atoms with Gasteiger partial charge in [0, 0.05) is 11.4 Å². The summed E-state index contributed by atoms with van der Waals surface area (Å²) in [6.07, 6.45) is 0. The van der Waals surface area contributed by atoms with Crippen LogP contribution in [0.25, 0.3) is 0 Å². The van der Waals surface area contributed by atoms with Crippen LogP contribution in [0, 0.1) is 0 Å². The number of nitrogens with zero attached hydrogens (tertiary/aromatic N) is 3. The fourth-order valence-corrected chi connectivity index (χ4v) is 5.30. The van der Waals surface area contributed by atoms with E-state index in [1.54, 1.807) is 18.9 Å². The summed E-state index contributed by atoms with van der Waals surface area (Å²) in [5.41, 5.74) is 5.32. The molecule has 5 rings (SSSR count). The van der Waals surface area contributed by atoms with Crippen LogP contribution in [0.4, 0.5) is 11.6 Å². The van der Waals surface area contributed by atoms with Gasteiger partial charge in [-0.05, 0) is 41.7 Å². The number of allylic oxidation sites excluding steroid dienone is 1. The van der Waals surface area contributed by atoms with Gasteiger partial charge in [-0.1, -0.05) is 92.3 Å². The highest BCUT2D eigenvalue weighted by atomic mass is 32.2. The fraction of sp³-hybridized carbons (Fsp3) is 0.233. The molecule has 0 spiro atoms. The molecule has 194 valence electrons. The number of anilines is 2. The average Bonchev–Trinajstić information content (AvgIpc) is 3.34. The molecule has 4 aromatic rings. The molecule has 38 heavy (non-hydrogen) atoms. The molecule has 2 N–H and O–H groups in total. The smallest absolute Gasteiger partial charge is 0.255 e. The minimum atomic E-state index is -0.444. The molecule has 0 saturated heterocycles. The Morgan fingerprint density at radius 1 is 1.05 bits per heavy atom. The predicted molar refractivity (Wildman–Crippen MR) is 153 cm³/mol. The van der Waals surface area contributed by atoms with E-state index in [9.17, 15) is 4.79 Å². The Morgan fingerprint density at radius 3 is 2.47 bits per heavy atom. The summed E-state index contributed by atoms with van der Waals surface area (Å²) < 4.78 is 7.27. The second kappa shape index (κ2) is 11.1. The third kappa shape index (κ3) is 5.31. The van der Waals surface area contributed by atoms with E-state index >= 15 is 0 Å². The lowest BCUT2D eigenvalue weighted by Crippen LogP contribution is -2.31. The summed E-state index contributed by atoms with van der Waals surface area (Å²) in [5, 5.41) is 11.9. The first-order chi connectivity index (χ1) is 18.4. The van der Waals surface area contributed by atoms with Crippen LogP contribution in [0.15, 0.2) is 95.3 Å².